The highest BCUT2D eigenvalue weighted by Crippen LogP contribution is 2.28. The van der Waals surface area contributed by atoms with E-state index in [1.165, 1.54) is 11.3 Å². The van der Waals surface area contributed by atoms with Gasteiger partial charge in [0.2, 0.25) is 11.0 Å². The summed E-state index contributed by atoms with van der Waals surface area (Å²) in [6.07, 6.45) is 5.69. The number of carbonyl (C=O) groups is 1. The van der Waals surface area contributed by atoms with E-state index in [0.717, 1.165) is 12.1 Å². The molecule has 0 unspecified atom stereocenters. The lowest BCUT2D eigenvalue weighted by Gasteiger charge is -2.15. The summed E-state index contributed by atoms with van der Waals surface area (Å²) >= 11 is 1.41. The Morgan fingerprint density at radius 3 is 3.15 bits per heavy atom. The van der Waals surface area contributed by atoms with Gasteiger partial charge in [0, 0.05) is 31.1 Å². The lowest BCUT2D eigenvalue weighted by molar-refractivity contribution is -0.124. The summed E-state index contributed by atoms with van der Waals surface area (Å²) in [5, 5.41) is 11.6. The summed E-state index contributed by atoms with van der Waals surface area (Å²) in [6, 6.07) is 5.53. The molecule has 0 spiro atoms. The maximum absolute atomic E-state index is 12.4. The molecule has 8 nitrogen and oxygen atoms in total. The molecular formula is C18H18N6O2S. The molecule has 4 rings (SSSR count). The van der Waals surface area contributed by atoms with E-state index in [4.69, 9.17) is 4.42 Å². The zero-order valence-corrected chi connectivity index (χ0v) is 15.5. The van der Waals surface area contributed by atoms with Crippen LogP contribution in [0.3, 0.4) is 0 Å². The van der Waals surface area contributed by atoms with E-state index in [2.05, 4.69) is 25.5 Å². The summed E-state index contributed by atoms with van der Waals surface area (Å²) < 4.78 is 5.22. The number of anilines is 2. The number of rotatable bonds is 5. The number of nitrogens with one attached hydrogen (secondary N) is 1. The van der Waals surface area contributed by atoms with Crippen LogP contribution >= 0.6 is 11.3 Å². The second-order valence-corrected chi connectivity index (χ2v) is 7.05. The lowest BCUT2D eigenvalue weighted by Crippen LogP contribution is -2.26. The number of aromatic nitrogens is 4. The molecule has 0 bridgehead atoms. The monoisotopic (exact) mass is 382 g/mol. The Bertz CT molecular complexity index is 939. The summed E-state index contributed by atoms with van der Waals surface area (Å²) in [6.45, 7) is 3.20. The SMILES string of the molecule is Cc1nc(Nc2nncs2)cc([C@@H]2CCN(C(=O)/C=C/c3ccco3)C2)n1. The van der Waals surface area contributed by atoms with Crippen LogP contribution in [0.1, 0.15) is 29.6 Å². The standard InChI is InChI=1S/C18H18N6O2S/c1-12-20-15(9-16(21-12)22-18-23-19-11-27-18)13-6-7-24(10-13)17(25)5-4-14-3-2-8-26-14/h2-5,8-9,11,13H,6-7,10H2,1H3,(H,20,21,22,23)/b5-4+/t13-/m1/s1. The summed E-state index contributed by atoms with van der Waals surface area (Å²) in [7, 11) is 0. The Kier molecular flexibility index (Phi) is 4.93. The first-order valence-corrected chi connectivity index (χ1v) is 9.44. The Morgan fingerprint density at radius 2 is 2.37 bits per heavy atom. The van der Waals surface area contributed by atoms with Gasteiger partial charge >= 0.3 is 0 Å². The minimum absolute atomic E-state index is 0.0214. The topological polar surface area (TPSA) is 97.0 Å². The van der Waals surface area contributed by atoms with Crippen molar-refractivity contribution in [2.24, 2.45) is 0 Å². The smallest absolute Gasteiger partial charge is 0.246 e. The summed E-state index contributed by atoms with van der Waals surface area (Å²) in [5.41, 5.74) is 2.59. The van der Waals surface area contributed by atoms with Crippen molar-refractivity contribution in [1.82, 2.24) is 25.1 Å². The van der Waals surface area contributed by atoms with Crippen LogP contribution in [0.4, 0.5) is 10.9 Å². The predicted octanol–water partition coefficient (Wildman–Crippen LogP) is 3.00. The third-order valence-corrected chi connectivity index (χ3v) is 4.91. The second kappa shape index (κ2) is 7.67. The molecule has 0 aromatic carbocycles. The van der Waals surface area contributed by atoms with Crippen molar-refractivity contribution in [3.63, 3.8) is 0 Å². The molecule has 138 valence electrons. The van der Waals surface area contributed by atoms with Crippen LogP contribution in [0.2, 0.25) is 0 Å². The van der Waals surface area contributed by atoms with Crippen LogP contribution < -0.4 is 5.32 Å². The quantitative estimate of drug-likeness (QED) is 0.678. The van der Waals surface area contributed by atoms with Crippen LogP contribution in [-0.2, 0) is 4.79 Å². The zero-order chi connectivity index (χ0) is 18.6. The number of carbonyl (C=O) groups excluding carboxylic acids is 1. The van der Waals surface area contributed by atoms with E-state index in [0.29, 0.717) is 35.6 Å². The minimum atomic E-state index is -0.0214. The Balaban J connectivity index is 1.43. The van der Waals surface area contributed by atoms with Crippen LogP contribution in [0, 0.1) is 6.92 Å². The fourth-order valence-corrected chi connectivity index (χ4v) is 3.50. The van der Waals surface area contributed by atoms with Crippen molar-refractivity contribution in [2.75, 3.05) is 18.4 Å². The number of likely N-dealkylation sites (tertiary alicyclic amines) is 1. The molecule has 1 aliphatic rings. The van der Waals surface area contributed by atoms with Crippen LogP contribution in [0.5, 0.6) is 0 Å². The molecule has 0 radical (unpaired) electrons. The molecule has 1 atom stereocenters. The second-order valence-electron chi connectivity index (χ2n) is 6.21. The molecular weight excluding hydrogens is 364 g/mol. The van der Waals surface area contributed by atoms with Crippen molar-refractivity contribution in [2.45, 2.75) is 19.3 Å². The highest BCUT2D eigenvalue weighted by Gasteiger charge is 2.27. The Labute approximate surface area is 160 Å². The largest absolute Gasteiger partial charge is 0.465 e. The molecule has 1 amide bonds. The number of hydrogen-bond donors (Lipinski definition) is 1. The first-order valence-electron chi connectivity index (χ1n) is 8.56. The third-order valence-electron chi connectivity index (χ3n) is 4.30. The fourth-order valence-electron chi connectivity index (χ4n) is 3.05. The molecule has 1 fully saturated rings. The maximum Gasteiger partial charge on any atom is 0.246 e. The van der Waals surface area contributed by atoms with E-state index in [1.807, 2.05) is 24.0 Å². The minimum Gasteiger partial charge on any atom is -0.465 e. The molecule has 3 aromatic heterocycles. The average molecular weight is 382 g/mol. The van der Waals surface area contributed by atoms with E-state index < -0.39 is 0 Å². The van der Waals surface area contributed by atoms with Gasteiger partial charge in [-0.05, 0) is 31.6 Å². The molecule has 1 saturated heterocycles. The van der Waals surface area contributed by atoms with Crippen molar-refractivity contribution in [3.05, 3.63) is 53.3 Å². The zero-order valence-electron chi connectivity index (χ0n) is 14.7. The van der Waals surface area contributed by atoms with E-state index >= 15 is 0 Å². The Hall–Kier alpha value is -3.07. The summed E-state index contributed by atoms with van der Waals surface area (Å²) in [5.74, 6) is 2.20. The third kappa shape index (κ3) is 4.20. The predicted molar refractivity (Wildman–Crippen MR) is 102 cm³/mol. The van der Waals surface area contributed by atoms with Crippen LogP contribution in [0.25, 0.3) is 6.08 Å². The van der Waals surface area contributed by atoms with Gasteiger partial charge in [-0.1, -0.05) is 11.3 Å². The number of hydrogen-bond acceptors (Lipinski definition) is 8. The number of amides is 1. The summed E-state index contributed by atoms with van der Waals surface area (Å²) in [4.78, 5) is 23.2. The van der Waals surface area contributed by atoms with Crippen molar-refractivity contribution in [3.8, 4) is 0 Å². The number of aryl methyl sites for hydroxylation is 1. The van der Waals surface area contributed by atoms with Gasteiger partial charge in [0.15, 0.2) is 0 Å². The molecule has 0 saturated carbocycles. The van der Waals surface area contributed by atoms with Gasteiger partial charge in [-0.3, -0.25) is 4.79 Å². The normalized spacial score (nSPS) is 16.9. The molecule has 9 heteroatoms. The van der Waals surface area contributed by atoms with Gasteiger partial charge in [-0.25, -0.2) is 9.97 Å². The first kappa shape index (κ1) is 17.3. The van der Waals surface area contributed by atoms with Gasteiger partial charge in [0.25, 0.3) is 0 Å². The van der Waals surface area contributed by atoms with E-state index in [9.17, 15) is 4.79 Å². The van der Waals surface area contributed by atoms with Gasteiger partial charge in [0.1, 0.15) is 22.9 Å². The molecule has 3 aromatic rings. The molecule has 4 heterocycles. The highest BCUT2D eigenvalue weighted by molar-refractivity contribution is 7.13. The number of furan rings is 1. The molecule has 1 N–H and O–H groups in total. The van der Waals surface area contributed by atoms with Gasteiger partial charge in [-0.15, -0.1) is 10.2 Å². The fraction of sp³-hybridized carbons (Fsp3) is 0.278. The lowest BCUT2D eigenvalue weighted by atomic mass is 10.0. The van der Waals surface area contributed by atoms with Crippen LogP contribution in [-0.4, -0.2) is 44.1 Å². The highest BCUT2D eigenvalue weighted by atomic mass is 32.1. The van der Waals surface area contributed by atoms with Crippen LogP contribution in [0.15, 0.2) is 40.5 Å². The maximum atomic E-state index is 12.4. The van der Waals surface area contributed by atoms with Crippen molar-refractivity contribution >= 4 is 34.3 Å². The van der Waals surface area contributed by atoms with Gasteiger partial charge < -0.3 is 14.6 Å². The average Bonchev–Trinajstić information content (AvgIpc) is 3.40. The first-order chi connectivity index (χ1) is 13.2. The molecule has 27 heavy (non-hydrogen) atoms. The van der Waals surface area contributed by atoms with Gasteiger partial charge in [0.05, 0.1) is 12.0 Å². The Morgan fingerprint density at radius 1 is 1.44 bits per heavy atom. The number of nitrogens with zero attached hydrogens (tertiary/aromatic N) is 5. The molecule has 1 aliphatic heterocycles. The van der Waals surface area contributed by atoms with Crippen molar-refractivity contribution < 1.29 is 9.21 Å². The molecule has 0 aliphatic carbocycles. The van der Waals surface area contributed by atoms with E-state index in [-0.39, 0.29) is 11.8 Å². The van der Waals surface area contributed by atoms with E-state index in [1.54, 1.807) is 30.0 Å². The van der Waals surface area contributed by atoms with Gasteiger partial charge in [-0.2, -0.15) is 0 Å². The van der Waals surface area contributed by atoms with Crippen molar-refractivity contribution in [1.29, 1.82) is 0 Å².